The minimum Gasteiger partial charge on any atom is -0.476 e. The fourth-order valence-corrected chi connectivity index (χ4v) is 2.50. The summed E-state index contributed by atoms with van der Waals surface area (Å²) in [4.78, 5) is 14.3. The van der Waals surface area contributed by atoms with Crippen LogP contribution in [0.2, 0.25) is 0 Å². The third kappa shape index (κ3) is 2.52. The Balaban J connectivity index is 2.48. The lowest BCUT2D eigenvalue weighted by atomic mass is 9.99. The lowest BCUT2D eigenvalue weighted by Crippen LogP contribution is -2.52. The molecule has 0 radical (unpaired) electrons. The molecular weight excluding hydrogens is 252 g/mol. The van der Waals surface area contributed by atoms with Gasteiger partial charge in [0.25, 0.3) is 5.91 Å². The van der Waals surface area contributed by atoms with Gasteiger partial charge in [-0.25, -0.2) is 0 Å². The van der Waals surface area contributed by atoms with Gasteiger partial charge in [0.1, 0.15) is 5.75 Å². The van der Waals surface area contributed by atoms with Gasteiger partial charge in [-0.1, -0.05) is 19.9 Å². The number of fused-ring (bicyclic) bond motifs is 1. The number of amides is 1. The molecule has 110 valence electrons. The lowest BCUT2D eigenvalue weighted by Gasteiger charge is -2.39. The maximum absolute atomic E-state index is 12.5. The van der Waals surface area contributed by atoms with Crippen LogP contribution in [0, 0.1) is 0 Å². The highest BCUT2D eigenvalue weighted by Crippen LogP contribution is 2.39. The van der Waals surface area contributed by atoms with Crippen molar-refractivity contribution in [2.75, 3.05) is 11.4 Å². The van der Waals surface area contributed by atoms with E-state index in [1.54, 1.807) is 0 Å². The van der Waals surface area contributed by atoms with E-state index < -0.39 is 5.60 Å². The summed E-state index contributed by atoms with van der Waals surface area (Å²) in [7, 11) is 0. The Morgan fingerprint density at radius 2 is 2.05 bits per heavy atom. The molecule has 2 N–H and O–H groups in total. The summed E-state index contributed by atoms with van der Waals surface area (Å²) in [6.07, 6.45) is 1.78. The average molecular weight is 276 g/mol. The van der Waals surface area contributed by atoms with Gasteiger partial charge in [-0.15, -0.1) is 0 Å². The van der Waals surface area contributed by atoms with Gasteiger partial charge >= 0.3 is 0 Å². The minimum atomic E-state index is -0.809. The van der Waals surface area contributed by atoms with Gasteiger partial charge in [0.2, 0.25) is 0 Å². The molecule has 0 saturated heterocycles. The van der Waals surface area contributed by atoms with Crippen molar-refractivity contribution in [3.63, 3.8) is 0 Å². The predicted molar refractivity (Wildman–Crippen MR) is 81.0 cm³/mol. The Kier molecular flexibility index (Phi) is 4.04. The Hall–Kier alpha value is -1.55. The molecule has 0 aliphatic carbocycles. The molecule has 0 fully saturated rings. The molecule has 1 aromatic carbocycles. The number of carbonyl (C=O) groups is 1. The molecule has 1 heterocycles. The normalized spacial score (nSPS) is 18.4. The van der Waals surface area contributed by atoms with Crippen LogP contribution in [0.1, 0.15) is 52.1 Å². The molecule has 0 aromatic heterocycles. The highest BCUT2D eigenvalue weighted by molar-refractivity contribution is 6.02. The second-order valence-corrected chi connectivity index (χ2v) is 5.81. The number of nitrogens with two attached hydrogens (primary N) is 1. The molecule has 2 rings (SSSR count). The molecule has 0 bridgehead atoms. The topological polar surface area (TPSA) is 55.6 Å². The van der Waals surface area contributed by atoms with Crippen molar-refractivity contribution in [3.8, 4) is 5.75 Å². The largest absolute Gasteiger partial charge is 0.476 e. The molecule has 4 nitrogen and oxygen atoms in total. The number of rotatable bonds is 4. The zero-order valence-corrected chi connectivity index (χ0v) is 12.8. The Labute approximate surface area is 120 Å². The lowest BCUT2D eigenvalue weighted by molar-refractivity contribution is -0.132. The number of hydrogen-bond acceptors (Lipinski definition) is 3. The Morgan fingerprint density at radius 3 is 2.65 bits per heavy atom. The van der Waals surface area contributed by atoms with Crippen LogP contribution in [0.25, 0.3) is 0 Å². The van der Waals surface area contributed by atoms with Crippen LogP contribution in [0.15, 0.2) is 18.2 Å². The smallest absolute Gasteiger partial charge is 0.270 e. The van der Waals surface area contributed by atoms with Crippen molar-refractivity contribution in [2.24, 2.45) is 5.73 Å². The monoisotopic (exact) mass is 276 g/mol. The van der Waals surface area contributed by atoms with Gasteiger partial charge in [0.15, 0.2) is 5.60 Å². The molecule has 1 unspecified atom stereocenters. The molecule has 1 atom stereocenters. The molecule has 1 aromatic rings. The number of nitrogens with zero attached hydrogens (tertiary/aromatic N) is 1. The molecule has 1 aliphatic rings. The van der Waals surface area contributed by atoms with Crippen molar-refractivity contribution in [1.82, 2.24) is 0 Å². The van der Waals surface area contributed by atoms with E-state index in [2.05, 4.69) is 13.8 Å². The number of ether oxygens (including phenoxy) is 1. The first kappa shape index (κ1) is 14.9. The van der Waals surface area contributed by atoms with Crippen LogP contribution >= 0.6 is 0 Å². The Morgan fingerprint density at radius 1 is 1.35 bits per heavy atom. The first-order chi connectivity index (χ1) is 9.40. The molecule has 1 aliphatic heterocycles. The summed E-state index contributed by atoms with van der Waals surface area (Å²) in [5, 5.41) is 0. The Bertz CT molecular complexity index is 511. The quantitative estimate of drug-likeness (QED) is 0.919. The first-order valence-electron chi connectivity index (χ1n) is 7.31. The highest BCUT2D eigenvalue weighted by atomic mass is 16.5. The van der Waals surface area contributed by atoms with E-state index in [-0.39, 0.29) is 11.9 Å². The molecule has 0 saturated carbocycles. The maximum Gasteiger partial charge on any atom is 0.270 e. The summed E-state index contributed by atoms with van der Waals surface area (Å²) >= 11 is 0. The van der Waals surface area contributed by atoms with Gasteiger partial charge in [-0.05, 0) is 44.4 Å². The molecular formula is C16H24N2O2. The van der Waals surface area contributed by atoms with Crippen molar-refractivity contribution in [1.29, 1.82) is 0 Å². The number of hydrogen-bond donors (Lipinski definition) is 1. The fraction of sp³-hybridized carbons (Fsp3) is 0.562. The third-order valence-electron chi connectivity index (χ3n) is 3.71. The average Bonchev–Trinajstić information content (AvgIpc) is 2.42. The fourth-order valence-electron chi connectivity index (χ4n) is 2.50. The van der Waals surface area contributed by atoms with E-state index in [9.17, 15) is 4.79 Å². The van der Waals surface area contributed by atoms with Gasteiger partial charge in [0.05, 0.1) is 5.69 Å². The van der Waals surface area contributed by atoms with Crippen molar-refractivity contribution in [2.45, 2.75) is 52.2 Å². The van der Waals surface area contributed by atoms with E-state index in [0.717, 1.165) is 29.8 Å². The van der Waals surface area contributed by atoms with Crippen LogP contribution in [-0.4, -0.2) is 18.1 Å². The summed E-state index contributed by atoms with van der Waals surface area (Å²) in [5.41, 5.74) is 7.17. The van der Waals surface area contributed by atoms with Crippen molar-refractivity contribution in [3.05, 3.63) is 23.8 Å². The van der Waals surface area contributed by atoms with Gasteiger partial charge in [0, 0.05) is 12.6 Å². The van der Waals surface area contributed by atoms with Crippen LogP contribution in [-0.2, 0) is 4.79 Å². The van der Waals surface area contributed by atoms with Crippen LogP contribution in [0.3, 0.4) is 0 Å². The van der Waals surface area contributed by atoms with E-state index in [1.807, 2.05) is 36.9 Å². The maximum atomic E-state index is 12.5. The van der Waals surface area contributed by atoms with Gasteiger partial charge in [-0.2, -0.15) is 0 Å². The van der Waals surface area contributed by atoms with E-state index in [4.69, 9.17) is 10.5 Å². The summed E-state index contributed by atoms with van der Waals surface area (Å²) in [5.74, 6) is 0.768. The van der Waals surface area contributed by atoms with Crippen molar-refractivity contribution >= 4 is 11.6 Å². The molecule has 1 amide bonds. The molecule has 0 spiro atoms. The third-order valence-corrected chi connectivity index (χ3v) is 3.71. The number of benzene rings is 1. The summed E-state index contributed by atoms with van der Waals surface area (Å²) in [6.45, 7) is 8.44. The van der Waals surface area contributed by atoms with Crippen LogP contribution < -0.4 is 15.4 Å². The van der Waals surface area contributed by atoms with Crippen LogP contribution in [0.5, 0.6) is 5.75 Å². The van der Waals surface area contributed by atoms with E-state index >= 15 is 0 Å². The zero-order valence-electron chi connectivity index (χ0n) is 12.8. The highest BCUT2D eigenvalue weighted by Gasteiger charge is 2.40. The van der Waals surface area contributed by atoms with Gasteiger partial charge < -0.3 is 15.4 Å². The molecule has 20 heavy (non-hydrogen) atoms. The second kappa shape index (κ2) is 5.44. The van der Waals surface area contributed by atoms with Crippen molar-refractivity contribution < 1.29 is 9.53 Å². The predicted octanol–water partition coefficient (Wildman–Crippen LogP) is 3.01. The SMILES string of the molecule is CCCN1C(=O)C(C)(C)Oc2ccc(C(N)CC)cc21. The van der Waals surface area contributed by atoms with Gasteiger partial charge in [-0.3, -0.25) is 4.79 Å². The minimum absolute atomic E-state index is 0.00573. The first-order valence-corrected chi connectivity index (χ1v) is 7.31. The van der Waals surface area contributed by atoms with E-state index in [0.29, 0.717) is 6.54 Å². The zero-order chi connectivity index (χ0) is 14.9. The standard InChI is InChI=1S/C16H24N2O2/c1-5-9-18-13-10-11(12(17)6-2)7-8-14(13)20-16(3,4)15(18)19/h7-8,10,12H,5-6,9,17H2,1-4H3. The number of carbonyl (C=O) groups excluding carboxylic acids is 1. The molecule has 4 heteroatoms. The summed E-state index contributed by atoms with van der Waals surface area (Å²) in [6, 6.07) is 5.90. The number of anilines is 1. The summed E-state index contributed by atoms with van der Waals surface area (Å²) < 4.78 is 5.84. The van der Waals surface area contributed by atoms with Crippen LogP contribution in [0.4, 0.5) is 5.69 Å². The second-order valence-electron chi connectivity index (χ2n) is 5.81. The van der Waals surface area contributed by atoms with E-state index in [1.165, 1.54) is 0 Å².